The molecule has 152 valence electrons. The van der Waals surface area contributed by atoms with Gasteiger partial charge in [-0.1, -0.05) is 0 Å². The fourth-order valence-corrected chi connectivity index (χ4v) is 4.91. The van der Waals surface area contributed by atoms with Gasteiger partial charge >= 0.3 is 0 Å². The molecule has 4 aromatic rings. The van der Waals surface area contributed by atoms with Gasteiger partial charge in [-0.15, -0.1) is 21.5 Å². The molecule has 0 saturated heterocycles. The maximum Gasteiger partial charge on any atom is 0.248 e. The summed E-state index contributed by atoms with van der Waals surface area (Å²) in [6.45, 7) is 1.85. The van der Waals surface area contributed by atoms with Gasteiger partial charge in [0.2, 0.25) is 17.7 Å². The number of amides is 1. The van der Waals surface area contributed by atoms with Crippen LogP contribution in [0.25, 0.3) is 11.5 Å². The van der Waals surface area contributed by atoms with Gasteiger partial charge < -0.3 is 14.6 Å². The van der Waals surface area contributed by atoms with Crippen molar-refractivity contribution in [3.05, 3.63) is 62.9 Å². The summed E-state index contributed by atoms with van der Waals surface area (Å²) in [5.74, 6) is 1.76. The average molecular weight is 438 g/mol. The van der Waals surface area contributed by atoms with Crippen molar-refractivity contribution in [2.75, 3.05) is 16.8 Å². The van der Waals surface area contributed by atoms with Gasteiger partial charge in [0.05, 0.1) is 11.9 Å². The molecular weight excluding hydrogens is 418 g/mol. The average Bonchev–Trinajstić information content (AvgIpc) is 3.53. The number of hydrogen-bond acceptors (Lipinski definition) is 8. The Morgan fingerprint density at radius 1 is 1.20 bits per heavy atom. The zero-order valence-corrected chi connectivity index (χ0v) is 17.7. The molecule has 9 heteroatoms. The lowest BCUT2D eigenvalue weighted by molar-refractivity contribution is -0.116. The fraction of sp³-hybridized carbons (Fsp3) is 0.238. The molecule has 4 aromatic heterocycles. The van der Waals surface area contributed by atoms with Crippen LogP contribution in [-0.2, 0) is 24.2 Å². The minimum Gasteiger partial charge on any atom is -0.421 e. The monoisotopic (exact) mass is 437 g/mol. The molecule has 1 aliphatic rings. The Morgan fingerprint density at radius 2 is 2.17 bits per heavy atom. The minimum absolute atomic E-state index is 0.110. The van der Waals surface area contributed by atoms with Crippen molar-refractivity contribution in [1.82, 2.24) is 15.2 Å². The highest BCUT2D eigenvalue weighted by atomic mass is 32.1. The first-order valence-corrected chi connectivity index (χ1v) is 11.5. The molecule has 0 bridgehead atoms. The lowest BCUT2D eigenvalue weighted by Crippen LogP contribution is -2.30. The number of pyridine rings is 1. The summed E-state index contributed by atoms with van der Waals surface area (Å²) >= 11 is 3.40. The molecule has 5 heterocycles. The van der Waals surface area contributed by atoms with Gasteiger partial charge in [-0.05, 0) is 47.0 Å². The van der Waals surface area contributed by atoms with E-state index in [9.17, 15) is 4.79 Å². The van der Waals surface area contributed by atoms with E-state index >= 15 is 0 Å². The summed E-state index contributed by atoms with van der Waals surface area (Å²) in [4.78, 5) is 20.6. The van der Waals surface area contributed by atoms with Gasteiger partial charge in [0.25, 0.3) is 0 Å². The Bertz CT molecular complexity index is 1130. The summed E-state index contributed by atoms with van der Waals surface area (Å²) in [7, 11) is 0. The second kappa shape index (κ2) is 8.37. The van der Waals surface area contributed by atoms with Crippen molar-refractivity contribution in [2.45, 2.75) is 25.8 Å². The summed E-state index contributed by atoms with van der Waals surface area (Å²) in [6.07, 6.45) is 3.42. The smallest absolute Gasteiger partial charge is 0.248 e. The van der Waals surface area contributed by atoms with Crippen LogP contribution in [0.5, 0.6) is 0 Å². The number of carbonyl (C=O) groups excluding carboxylic acids is 1. The number of rotatable bonds is 6. The van der Waals surface area contributed by atoms with Crippen LogP contribution in [0.3, 0.4) is 0 Å². The van der Waals surface area contributed by atoms with Crippen molar-refractivity contribution in [3.63, 3.8) is 0 Å². The van der Waals surface area contributed by atoms with Crippen LogP contribution < -0.4 is 10.2 Å². The van der Waals surface area contributed by atoms with E-state index in [1.165, 1.54) is 10.4 Å². The third-order valence-corrected chi connectivity index (χ3v) is 6.67. The molecular formula is C21H19N5O2S2. The molecule has 1 aliphatic heterocycles. The molecule has 0 fully saturated rings. The normalized spacial score (nSPS) is 13.3. The van der Waals surface area contributed by atoms with Crippen LogP contribution in [0.1, 0.15) is 22.8 Å². The first-order chi connectivity index (χ1) is 14.7. The topological polar surface area (TPSA) is 84.1 Å². The van der Waals surface area contributed by atoms with Gasteiger partial charge in [-0.25, -0.2) is 4.98 Å². The Balaban J connectivity index is 1.14. The first kappa shape index (κ1) is 19.0. The van der Waals surface area contributed by atoms with Crippen molar-refractivity contribution < 1.29 is 9.21 Å². The van der Waals surface area contributed by atoms with Crippen molar-refractivity contribution >= 4 is 40.1 Å². The van der Waals surface area contributed by atoms with E-state index in [-0.39, 0.29) is 12.3 Å². The van der Waals surface area contributed by atoms with Crippen LogP contribution in [0.2, 0.25) is 0 Å². The van der Waals surface area contributed by atoms with E-state index in [4.69, 9.17) is 4.42 Å². The summed E-state index contributed by atoms with van der Waals surface area (Å²) in [6, 6.07) is 7.96. The van der Waals surface area contributed by atoms with Gasteiger partial charge in [-0.3, -0.25) is 4.79 Å². The predicted octanol–water partition coefficient (Wildman–Crippen LogP) is 4.39. The lowest BCUT2D eigenvalue weighted by atomic mass is 10.1. The molecule has 0 aromatic carbocycles. The minimum atomic E-state index is -0.110. The van der Waals surface area contributed by atoms with E-state index in [1.807, 2.05) is 40.3 Å². The predicted molar refractivity (Wildman–Crippen MR) is 118 cm³/mol. The van der Waals surface area contributed by atoms with Gasteiger partial charge in [-0.2, -0.15) is 11.3 Å². The van der Waals surface area contributed by atoms with E-state index in [0.717, 1.165) is 30.9 Å². The molecule has 0 unspecified atom stereocenters. The molecule has 30 heavy (non-hydrogen) atoms. The van der Waals surface area contributed by atoms with Gasteiger partial charge in [0.15, 0.2) is 0 Å². The number of anilines is 2. The third-order valence-electron chi connectivity index (χ3n) is 4.96. The molecule has 5 rings (SSSR count). The Hall–Kier alpha value is -3.04. The van der Waals surface area contributed by atoms with E-state index in [1.54, 1.807) is 17.5 Å². The number of aromatic nitrogens is 3. The number of fused-ring (bicyclic) bond motifs is 1. The van der Waals surface area contributed by atoms with Crippen molar-refractivity contribution in [1.29, 1.82) is 0 Å². The van der Waals surface area contributed by atoms with E-state index < -0.39 is 0 Å². The van der Waals surface area contributed by atoms with Crippen LogP contribution in [-0.4, -0.2) is 27.6 Å². The molecule has 0 aliphatic carbocycles. The first-order valence-electron chi connectivity index (χ1n) is 9.65. The second-order valence-electron chi connectivity index (χ2n) is 7.01. The van der Waals surface area contributed by atoms with Gasteiger partial charge in [0, 0.05) is 41.8 Å². The largest absolute Gasteiger partial charge is 0.421 e. The molecule has 7 nitrogen and oxygen atoms in total. The second-order valence-corrected chi connectivity index (χ2v) is 8.79. The Labute approximate surface area is 181 Å². The summed E-state index contributed by atoms with van der Waals surface area (Å²) < 4.78 is 5.62. The number of carbonyl (C=O) groups is 1. The lowest BCUT2D eigenvalue weighted by Gasteiger charge is -2.28. The number of nitrogens with zero attached hydrogens (tertiary/aromatic N) is 4. The SMILES string of the molecule is O=C(CCc1nnc(-c2ccsc2)o1)Nc1ccc(N2CCc3sccc3C2)nc1. The molecule has 0 spiro atoms. The van der Waals surface area contributed by atoms with Crippen LogP contribution in [0.4, 0.5) is 11.5 Å². The fourth-order valence-electron chi connectivity index (χ4n) is 3.39. The number of nitrogens with one attached hydrogen (secondary N) is 1. The number of aryl methyl sites for hydroxylation is 1. The summed E-state index contributed by atoms with van der Waals surface area (Å²) in [5, 5.41) is 17.0. The molecule has 1 amide bonds. The zero-order valence-electron chi connectivity index (χ0n) is 16.1. The van der Waals surface area contributed by atoms with Crippen molar-refractivity contribution in [2.24, 2.45) is 0 Å². The standard InChI is InChI=1S/C21H19N5O2S2/c27-19(3-4-20-24-25-21(28-20)15-6-9-29-13-15)23-16-1-2-18(22-11-16)26-8-5-17-14(12-26)7-10-30-17/h1-2,6-7,9-11,13H,3-5,8,12H2,(H,23,27). The quantitative estimate of drug-likeness (QED) is 0.482. The highest BCUT2D eigenvalue weighted by Gasteiger charge is 2.18. The Kier molecular flexibility index (Phi) is 5.29. The van der Waals surface area contributed by atoms with E-state index in [0.29, 0.717) is 23.9 Å². The highest BCUT2D eigenvalue weighted by Crippen LogP contribution is 2.27. The molecule has 1 N–H and O–H groups in total. The third kappa shape index (κ3) is 4.12. The van der Waals surface area contributed by atoms with Crippen LogP contribution >= 0.6 is 22.7 Å². The van der Waals surface area contributed by atoms with Gasteiger partial charge in [0.1, 0.15) is 5.82 Å². The van der Waals surface area contributed by atoms with Crippen LogP contribution in [0, 0.1) is 0 Å². The molecule has 0 radical (unpaired) electrons. The Morgan fingerprint density at radius 3 is 3.00 bits per heavy atom. The highest BCUT2D eigenvalue weighted by molar-refractivity contribution is 7.10. The zero-order chi connectivity index (χ0) is 20.3. The molecule has 0 saturated carbocycles. The number of thiophene rings is 2. The molecule has 0 atom stereocenters. The van der Waals surface area contributed by atoms with E-state index in [2.05, 4.69) is 36.8 Å². The maximum absolute atomic E-state index is 12.3. The summed E-state index contributed by atoms with van der Waals surface area (Å²) in [5.41, 5.74) is 2.97. The maximum atomic E-state index is 12.3. The van der Waals surface area contributed by atoms with Crippen LogP contribution in [0.15, 0.2) is 51.0 Å². The number of hydrogen-bond donors (Lipinski definition) is 1. The van der Waals surface area contributed by atoms with Crippen molar-refractivity contribution in [3.8, 4) is 11.5 Å².